The van der Waals surface area contributed by atoms with E-state index in [1.54, 1.807) is 0 Å². The van der Waals surface area contributed by atoms with E-state index >= 15 is 0 Å². The van der Waals surface area contributed by atoms with Crippen LogP contribution in [0.15, 0.2) is 30.3 Å². The predicted molar refractivity (Wildman–Crippen MR) is 79.1 cm³/mol. The summed E-state index contributed by atoms with van der Waals surface area (Å²) in [6, 6.07) is 10.2. The van der Waals surface area contributed by atoms with Crippen LogP contribution in [0.3, 0.4) is 0 Å². The van der Waals surface area contributed by atoms with Crippen LogP contribution in [0.1, 0.15) is 12.1 Å². The number of rotatable bonds is 5. The summed E-state index contributed by atoms with van der Waals surface area (Å²) in [5.74, 6) is 0.757. The van der Waals surface area contributed by atoms with Crippen molar-refractivity contribution in [3.8, 4) is 11.3 Å². The first-order chi connectivity index (χ1) is 9.83. The highest BCUT2D eigenvalue weighted by Gasteiger charge is 2.19. The summed E-state index contributed by atoms with van der Waals surface area (Å²) in [5, 5.41) is 14.8. The molecule has 0 radical (unpaired) electrons. The molecule has 1 aromatic heterocycles. The maximum Gasteiger partial charge on any atom is 0.117 e. The summed E-state index contributed by atoms with van der Waals surface area (Å²) in [5.41, 5.74) is 3.04. The van der Waals surface area contributed by atoms with Gasteiger partial charge >= 0.3 is 0 Å². The minimum Gasteiger partial charge on any atom is -0.311 e. The molecule has 1 aromatic carbocycles. The second kappa shape index (κ2) is 6.15. The topological polar surface area (TPSA) is 56.8 Å². The van der Waals surface area contributed by atoms with Crippen molar-refractivity contribution in [2.24, 2.45) is 5.92 Å². The average molecular weight is 271 g/mol. The molecule has 2 N–H and O–H groups in total. The van der Waals surface area contributed by atoms with Gasteiger partial charge in [0, 0.05) is 18.7 Å². The van der Waals surface area contributed by atoms with Gasteiger partial charge in [0.05, 0.1) is 0 Å². The molecule has 0 spiro atoms. The molecular weight excluding hydrogens is 250 g/mol. The molecule has 5 nitrogen and oxygen atoms in total. The molecule has 0 saturated carbocycles. The highest BCUT2D eigenvalue weighted by atomic mass is 15.3. The van der Waals surface area contributed by atoms with Gasteiger partial charge in [-0.25, -0.2) is 0 Å². The SMILES string of the molecule is CN1CCC(CNCc2n[nH]nc2-c2ccccc2)C1. The van der Waals surface area contributed by atoms with Gasteiger partial charge in [-0.2, -0.15) is 15.4 Å². The third kappa shape index (κ3) is 3.05. The van der Waals surface area contributed by atoms with Gasteiger partial charge < -0.3 is 10.2 Å². The highest BCUT2D eigenvalue weighted by Crippen LogP contribution is 2.19. The van der Waals surface area contributed by atoms with Crippen LogP contribution in [0.2, 0.25) is 0 Å². The van der Waals surface area contributed by atoms with Crippen molar-refractivity contribution in [1.29, 1.82) is 0 Å². The largest absolute Gasteiger partial charge is 0.311 e. The maximum absolute atomic E-state index is 4.26. The van der Waals surface area contributed by atoms with Gasteiger partial charge in [0.15, 0.2) is 0 Å². The first kappa shape index (κ1) is 13.3. The second-order valence-electron chi connectivity index (χ2n) is 5.53. The number of nitrogens with zero attached hydrogens (tertiary/aromatic N) is 3. The number of benzene rings is 1. The molecule has 1 atom stereocenters. The van der Waals surface area contributed by atoms with Crippen molar-refractivity contribution < 1.29 is 0 Å². The first-order valence-electron chi connectivity index (χ1n) is 7.17. The summed E-state index contributed by atoms with van der Waals surface area (Å²) < 4.78 is 0. The summed E-state index contributed by atoms with van der Waals surface area (Å²) in [4.78, 5) is 2.39. The fourth-order valence-electron chi connectivity index (χ4n) is 2.79. The van der Waals surface area contributed by atoms with Crippen molar-refractivity contribution in [2.75, 3.05) is 26.7 Å². The predicted octanol–water partition coefficient (Wildman–Crippen LogP) is 1.51. The molecule has 3 rings (SSSR count). The standard InChI is InChI=1S/C15H21N5/c1-20-8-7-12(11-20)9-16-10-14-15(18-19-17-14)13-5-3-2-4-6-13/h2-6,12,16H,7-11H2,1H3,(H,17,18,19). The van der Waals surface area contributed by atoms with E-state index in [-0.39, 0.29) is 0 Å². The van der Waals surface area contributed by atoms with Crippen LogP contribution in [0, 0.1) is 5.92 Å². The molecular formula is C15H21N5. The summed E-state index contributed by atoms with van der Waals surface area (Å²) >= 11 is 0. The minimum absolute atomic E-state index is 0.757. The van der Waals surface area contributed by atoms with E-state index in [2.05, 4.69) is 44.8 Å². The Morgan fingerprint density at radius 1 is 1.30 bits per heavy atom. The van der Waals surface area contributed by atoms with Crippen LogP contribution in [0.25, 0.3) is 11.3 Å². The van der Waals surface area contributed by atoms with Crippen LogP contribution in [-0.4, -0.2) is 47.0 Å². The molecule has 106 valence electrons. The van der Waals surface area contributed by atoms with Crippen LogP contribution < -0.4 is 5.32 Å². The van der Waals surface area contributed by atoms with Crippen molar-refractivity contribution >= 4 is 0 Å². The monoisotopic (exact) mass is 271 g/mol. The zero-order valence-corrected chi connectivity index (χ0v) is 11.8. The maximum atomic E-state index is 4.26. The molecule has 1 aliphatic rings. The van der Waals surface area contributed by atoms with Gasteiger partial charge in [-0.05, 0) is 32.5 Å². The molecule has 0 aliphatic carbocycles. The van der Waals surface area contributed by atoms with Crippen molar-refractivity contribution in [1.82, 2.24) is 25.6 Å². The van der Waals surface area contributed by atoms with Crippen molar-refractivity contribution in [3.05, 3.63) is 36.0 Å². The van der Waals surface area contributed by atoms with E-state index < -0.39 is 0 Å². The van der Waals surface area contributed by atoms with Crippen LogP contribution in [0.5, 0.6) is 0 Å². The van der Waals surface area contributed by atoms with E-state index in [9.17, 15) is 0 Å². The van der Waals surface area contributed by atoms with Gasteiger partial charge in [0.25, 0.3) is 0 Å². The molecule has 0 bridgehead atoms. The average Bonchev–Trinajstić information content (AvgIpc) is 3.09. The second-order valence-corrected chi connectivity index (χ2v) is 5.53. The summed E-state index contributed by atoms with van der Waals surface area (Å²) in [6.45, 7) is 4.22. The van der Waals surface area contributed by atoms with E-state index in [1.807, 2.05) is 18.2 Å². The molecule has 5 heteroatoms. The Hall–Kier alpha value is -1.72. The fourth-order valence-corrected chi connectivity index (χ4v) is 2.79. The van der Waals surface area contributed by atoms with Gasteiger partial charge in [-0.3, -0.25) is 0 Å². The van der Waals surface area contributed by atoms with E-state index in [4.69, 9.17) is 0 Å². The molecule has 1 unspecified atom stereocenters. The van der Waals surface area contributed by atoms with Gasteiger partial charge in [0.2, 0.25) is 0 Å². The lowest BCUT2D eigenvalue weighted by Crippen LogP contribution is -2.25. The molecule has 1 saturated heterocycles. The molecule has 1 aliphatic heterocycles. The number of likely N-dealkylation sites (tertiary alicyclic amines) is 1. The minimum atomic E-state index is 0.757. The van der Waals surface area contributed by atoms with E-state index in [1.165, 1.54) is 19.5 Å². The zero-order chi connectivity index (χ0) is 13.8. The third-order valence-electron chi connectivity index (χ3n) is 3.88. The Morgan fingerprint density at radius 2 is 2.15 bits per heavy atom. The lowest BCUT2D eigenvalue weighted by Gasteiger charge is -2.11. The Kier molecular flexibility index (Phi) is 4.08. The summed E-state index contributed by atoms with van der Waals surface area (Å²) in [7, 11) is 2.19. The fraction of sp³-hybridized carbons (Fsp3) is 0.467. The Morgan fingerprint density at radius 3 is 2.90 bits per heavy atom. The van der Waals surface area contributed by atoms with Gasteiger partial charge in [0.1, 0.15) is 11.4 Å². The number of hydrogen-bond acceptors (Lipinski definition) is 4. The normalized spacial score (nSPS) is 19.6. The smallest absolute Gasteiger partial charge is 0.117 e. The number of aromatic nitrogens is 3. The van der Waals surface area contributed by atoms with Gasteiger partial charge in [-0.1, -0.05) is 30.3 Å². The number of H-pyrrole nitrogens is 1. The molecule has 2 heterocycles. The van der Waals surface area contributed by atoms with Crippen LogP contribution in [-0.2, 0) is 6.54 Å². The molecule has 0 amide bonds. The quantitative estimate of drug-likeness (QED) is 0.865. The lowest BCUT2D eigenvalue weighted by atomic mass is 10.1. The molecule has 20 heavy (non-hydrogen) atoms. The number of hydrogen-bond donors (Lipinski definition) is 2. The molecule has 1 fully saturated rings. The zero-order valence-electron chi connectivity index (χ0n) is 11.8. The van der Waals surface area contributed by atoms with Crippen molar-refractivity contribution in [2.45, 2.75) is 13.0 Å². The van der Waals surface area contributed by atoms with Crippen LogP contribution in [0.4, 0.5) is 0 Å². The summed E-state index contributed by atoms with van der Waals surface area (Å²) in [6.07, 6.45) is 1.29. The van der Waals surface area contributed by atoms with Crippen LogP contribution >= 0.6 is 0 Å². The Labute approximate surface area is 119 Å². The Bertz CT molecular complexity index is 536. The number of aromatic amines is 1. The molecule has 2 aromatic rings. The third-order valence-corrected chi connectivity index (χ3v) is 3.88. The number of nitrogens with one attached hydrogen (secondary N) is 2. The van der Waals surface area contributed by atoms with E-state index in [0.717, 1.165) is 36.0 Å². The van der Waals surface area contributed by atoms with Gasteiger partial charge in [-0.15, -0.1) is 0 Å². The van der Waals surface area contributed by atoms with Crippen molar-refractivity contribution in [3.63, 3.8) is 0 Å². The first-order valence-corrected chi connectivity index (χ1v) is 7.17. The van der Waals surface area contributed by atoms with E-state index in [0.29, 0.717) is 0 Å². The Balaban J connectivity index is 1.57. The highest BCUT2D eigenvalue weighted by molar-refractivity contribution is 5.60. The lowest BCUT2D eigenvalue weighted by molar-refractivity contribution is 0.388.